The lowest BCUT2D eigenvalue weighted by Gasteiger charge is -2.04. The molecule has 0 saturated heterocycles. The molecule has 0 saturated carbocycles. The SMILES string of the molecule is CC(C)CCNC(=O)/C=C\SCCCc1ccccc1. The third-order valence-electron chi connectivity index (χ3n) is 2.91. The average Bonchev–Trinajstić information content (AvgIpc) is 2.43. The van der Waals surface area contributed by atoms with Gasteiger partial charge in [-0.25, -0.2) is 0 Å². The Bertz CT molecular complexity index is 401. The first-order valence-corrected chi connectivity index (χ1v) is 8.33. The highest BCUT2D eigenvalue weighted by atomic mass is 32.2. The quantitative estimate of drug-likeness (QED) is 0.550. The van der Waals surface area contributed by atoms with Crippen molar-refractivity contribution in [2.45, 2.75) is 33.1 Å². The van der Waals surface area contributed by atoms with Crippen molar-refractivity contribution in [2.75, 3.05) is 12.3 Å². The summed E-state index contributed by atoms with van der Waals surface area (Å²) in [5, 5.41) is 4.79. The Kier molecular flexibility index (Phi) is 8.88. The van der Waals surface area contributed by atoms with Crippen LogP contribution in [-0.4, -0.2) is 18.2 Å². The third-order valence-corrected chi connectivity index (χ3v) is 3.76. The topological polar surface area (TPSA) is 29.1 Å². The molecule has 0 heterocycles. The maximum Gasteiger partial charge on any atom is 0.244 e. The van der Waals surface area contributed by atoms with Crippen molar-refractivity contribution in [3.8, 4) is 0 Å². The minimum absolute atomic E-state index is 0.0150. The van der Waals surface area contributed by atoms with E-state index < -0.39 is 0 Å². The maximum atomic E-state index is 11.5. The predicted molar refractivity (Wildman–Crippen MR) is 88.8 cm³/mol. The van der Waals surface area contributed by atoms with E-state index in [9.17, 15) is 4.79 Å². The highest BCUT2D eigenvalue weighted by Gasteiger charge is 1.97. The van der Waals surface area contributed by atoms with Gasteiger partial charge in [0, 0.05) is 12.6 Å². The van der Waals surface area contributed by atoms with Crippen LogP contribution in [0.3, 0.4) is 0 Å². The highest BCUT2D eigenvalue weighted by molar-refractivity contribution is 8.02. The molecule has 1 amide bonds. The molecule has 0 aliphatic carbocycles. The fourth-order valence-electron chi connectivity index (χ4n) is 1.73. The first kappa shape index (κ1) is 16.8. The minimum Gasteiger partial charge on any atom is -0.353 e. The lowest BCUT2D eigenvalue weighted by molar-refractivity contribution is -0.116. The van der Waals surface area contributed by atoms with Crippen LogP contribution in [0, 0.1) is 5.92 Å². The summed E-state index contributed by atoms with van der Waals surface area (Å²) in [7, 11) is 0. The highest BCUT2D eigenvalue weighted by Crippen LogP contribution is 2.08. The van der Waals surface area contributed by atoms with E-state index in [-0.39, 0.29) is 5.91 Å². The Morgan fingerprint density at radius 3 is 2.75 bits per heavy atom. The smallest absolute Gasteiger partial charge is 0.244 e. The standard InChI is InChI=1S/C17H25NOS/c1-15(2)10-12-18-17(19)11-14-20-13-6-9-16-7-4-3-5-8-16/h3-5,7-8,11,14-15H,6,9-10,12-13H2,1-2H3,(H,18,19)/b14-11-. The Hall–Kier alpha value is -1.22. The molecule has 2 nitrogen and oxygen atoms in total. The molecule has 1 aromatic rings. The summed E-state index contributed by atoms with van der Waals surface area (Å²) in [6, 6.07) is 10.5. The molecule has 0 aliphatic rings. The molecule has 0 unspecified atom stereocenters. The second-order valence-corrected chi connectivity index (χ2v) is 6.25. The van der Waals surface area contributed by atoms with E-state index in [1.807, 2.05) is 11.5 Å². The number of carbonyl (C=O) groups is 1. The first-order chi connectivity index (χ1) is 9.68. The fraction of sp³-hybridized carbons (Fsp3) is 0.471. The van der Waals surface area contributed by atoms with Crippen LogP contribution in [0.5, 0.6) is 0 Å². The Labute approximate surface area is 127 Å². The average molecular weight is 291 g/mol. The van der Waals surface area contributed by atoms with Gasteiger partial charge in [-0.3, -0.25) is 4.79 Å². The molecule has 3 heteroatoms. The molecule has 0 aliphatic heterocycles. The molecule has 1 N–H and O–H groups in total. The molecule has 0 radical (unpaired) electrons. The number of amides is 1. The summed E-state index contributed by atoms with van der Waals surface area (Å²) >= 11 is 1.70. The molecule has 0 fully saturated rings. The van der Waals surface area contributed by atoms with E-state index in [2.05, 4.69) is 43.4 Å². The van der Waals surface area contributed by atoms with Crippen molar-refractivity contribution in [1.82, 2.24) is 5.32 Å². The number of hydrogen-bond acceptors (Lipinski definition) is 2. The van der Waals surface area contributed by atoms with Gasteiger partial charge in [-0.15, -0.1) is 11.8 Å². The van der Waals surface area contributed by atoms with Crippen molar-refractivity contribution in [1.29, 1.82) is 0 Å². The van der Waals surface area contributed by atoms with Crippen molar-refractivity contribution in [2.24, 2.45) is 5.92 Å². The maximum absolute atomic E-state index is 11.5. The van der Waals surface area contributed by atoms with Gasteiger partial charge in [-0.1, -0.05) is 44.2 Å². The van der Waals surface area contributed by atoms with Gasteiger partial charge in [0.15, 0.2) is 0 Å². The van der Waals surface area contributed by atoms with Gasteiger partial charge >= 0.3 is 0 Å². The van der Waals surface area contributed by atoms with Crippen LogP contribution in [-0.2, 0) is 11.2 Å². The van der Waals surface area contributed by atoms with Gasteiger partial charge in [0.05, 0.1) is 0 Å². The van der Waals surface area contributed by atoms with E-state index in [4.69, 9.17) is 0 Å². The molecule has 0 spiro atoms. The summed E-state index contributed by atoms with van der Waals surface area (Å²) in [5.74, 6) is 1.69. The van der Waals surface area contributed by atoms with Gasteiger partial charge in [0.1, 0.15) is 0 Å². The van der Waals surface area contributed by atoms with Crippen molar-refractivity contribution in [3.63, 3.8) is 0 Å². The lowest BCUT2D eigenvalue weighted by Crippen LogP contribution is -2.22. The van der Waals surface area contributed by atoms with Crippen LogP contribution >= 0.6 is 11.8 Å². The van der Waals surface area contributed by atoms with Gasteiger partial charge in [-0.2, -0.15) is 0 Å². The number of rotatable bonds is 9. The molecular weight excluding hydrogens is 266 g/mol. The zero-order chi connectivity index (χ0) is 14.6. The van der Waals surface area contributed by atoms with Crippen LogP contribution in [0.1, 0.15) is 32.3 Å². The second-order valence-electron chi connectivity index (χ2n) is 5.24. The van der Waals surface area contributed by atoms with E-state index in [1.165, 1.54) is 5.56 Å². The summed E-state index contributed by atoms with van der Waals surface area (Å²) < 4.78 is 0. The molecule has 0 atom stereocenters. The molecular formula is C17H25NOS. The molecule has 20 heavy (non-hydrogen) atoms. The summed E-state index contributed by atoms with van der Waals surface area (Å²) in [4.78, 5) is 11.5. The lowest BCUT2D eigenvalue weighted by atomic mass is 10.1. The van der Waals surface area contributed by atoms with Crippen LogP contribution in [0.25, 0.3) is 0 Å². The van der Waals surface area contributed by atoms with Crippen molar-refractivity contribution in [3.05, 3.63) is 47.4 Å². The van der Waals surface area contributed by atoms with E-state index in [0.717, 1.165) is 31.6 Å². The predicted octanol–water partition coefficient (Wildman–Crippen LogP) is 4.03. The molecule has 1 rings (SSSR count). The largest absolute Gasteiger partial charge is 0.353 e. The molecule has 1 aromatic carbocycles. The number of hydrogen-bond donors (Lipinski definition) is 1. The number of aryl methyl sites for hydroxylation is 1. The van der Waals surface area contributed by atoms with Crippen LogP contribution in [0.2, 0.25) is 0 Å². The third kappa shape index (κ3) is 8.81. The Morgan fingerprint density at radius 1 is 1.30 bits per heavy atom. The van der Waals surface area contributed by atoms with Crippen molar-refractivity contribution < 1.29 is 4.79 Å². The van der Waals surface area contributed by atoms with Crippen LogP contribution < -0.4 is 5.32 Å². The van der Waals surface area contributed by atoms with Gasteiger partial charge in [0.25, 0.3) is 0 Å². The van der Waals surface area contributed by atoms with Gasteiger partial charge in [0.2, 0.25) is 5.91 Å². The van der Waals surface area contributed by atoms with Gasteiger partial charge < -0.3 is 5.32 Å². The molecule has 0 aromatic heterocycles. The fourth-order valence-corrected chi connectivity index (χ4v) is 2.39. The zero-order valence-electron chi connectivity index (χ0n) is 12.5. The first-order valence-electron chi connectivity index (χ1n) is 7.28. The number of benzene rings is 1. The molecule has 110 valence electrons. The Balaban J connectivity index is 2.02. The monoisotopic (exact) mass is 291 g/mol. The van der Waals surface area contributed by atoms with E-state index in [1.54, 1.807) is 17.8 Å². The number of nitrogens with one attached hydrogen (secondary N) is 1. The normalized spacial score (nSPS) is 11.2. The Morgan fingerprint density at radius 2 is 2.05 bits per heavy atom. The number of carbonyl (C=O) groups excluding carboxylic acids is 1. The minimum atomic E-state index is 0.0150. The van der Waals surface area contributed by atoms with Crippen LogP contribution in [0.4, 0.5) is 0 Å². The van der Waals surface area contributed by atoms with E-state index in [0.29, 0.717) is 5.92 Å². The molecule has 0 bridgehead atoms. The second kappa shape index (κ2) is 10.6. The summed E-state index contributed by atoms with van der Waals surface area (Å²) in [6.45, 7) is 5.08. The summed E-state index contributed by atoms with van der Waals surface area (Å²) in [5.41, 5.74) is 1.38. The zero-order valence-corrected chi connectivity index (χ0v) is 13.3. The van der Waals surface area contributed by atoms with Crippen LogP contribution in [0.15, 0.2) is 41.8 Å². The number of thioether (sulfide) groups is 1. The summed E-state index contributed by atoms with van der Waals surface area (Å²) in [6.07, 6.45) is 4.90. The van der Waals surface area contributed by atoms with Gasteiger partial charge in [-0.05, 0) is 41.9 Å². The van der Waals surface area contributed by atoms with Crippen molar-refractivity contribution >= 4 is 17.7 Å². The van der Waals surface area contributed by atoms with E-state index >= 15 is 0 Å².